The third-order valence-electron chi connectivity index (χ3n) is 3.11. The largest absolute Gasteiger partial charge is 0.467 e. The van der Waals surface area contributed by atoms with Crippen LogP contribution in [0.1, 0.15) is 42.3 Å². The molecule has 0 aliphatic rings. The van der Waals surface area contributed by atoms with Crippen LogP contribution < -0.4 is 10.6 Å². The smallest absolute Gasteiger partial charge is 0.251 e. The molecule has 5 nitrogen and oxygen atoms in total. The first-order chi connectivity index (χ1) is 10.3. The summed E-state index contributed by atoms with van der Waals surface area (Å²) >= 11 is 0. The van der Waals surface area contributed by atoms with Crippen molar-refractivity contribution in [1.82, 2.24) is 10.3 Å². The van der Waals surface area contributed by atoms with Crippen LogP contribution in [0, 0.1) is 0 Å². The molecule has 5 heteroatoms. The fourth-order valence-electron chi connectivity index (χ4n) is 1.94. The van der Waals surface area contributed by atoms with Gasteiger partial charge >= 0.3 is 0 Å². The number of rotatable bonds is 8. The summed E-state index contributed by atoms with van der Waals surface area (Å²) in [4.78, 5) is 16.3. The summed E-state index contributed by atoms with van der Waals surface area (Å²) in [5, 5.41) is 6.05. The predicted octanol–water partition coefficient (Wildman–Crippen LogP) is 3.21. The number of amides is 1. The first kappa shape index (κ1) is 15.1. The Kier molecular flexibility index (Phi) is 5.82. The van der Waals surface area contributed by atoms with Crippen molar-refractivity contribution in [3.63, 3.8) is 0 Å². The van der Waals surface area contributed by atoms with Crippen LogP contribution in [-0.4, -0.2) is 17.4 Å². The summed E-state index contributed by atoms with van der Waals surface area (Å²) in [7, 11) is 0. The van der Waals surface area contributed by atoms with E-state index in [4.69, 9.17) is 4.42 Å². The summed E-state index contributed by atoms with van der Waals surface area (Å²) in [5.74, 6) is 1.33. The van der Waals surface area contributed by atoms with Crippen molar-refractivity contribution in [2.24, 2.45) is 0 Å². The molecule has 0 saturated heterocycles. The third kappa shape index (κ3) is 4.95. The van der Waals surface area contributed by atoms with Crippen LogP contribution in [0.2, 0.25) is 0 Å². The average molecular weight is 287 g/mol. The van der Waals surface area contributed by atoms with Crippen LogP contribution >= 0.6 is 0 Å². The zero-order chi connectivity index (χ0) is 14.9. The van der Waals surface area contributed by atoms with E-state index in [-0.39, 0.29) is 5.91 Å². The van der Waals surface area contributed by atoms with Crippen molar-refractivity contribution in [3.8, 4) is 0 Å². The summed E-state index contributed by atoms with van der Waals surface area (Å²) < 4.78 is 5.18. The van der Waals surface area contributed by atoms with Gasteiger partial charge in [-0.25, -0.2) is 4.98 Å². The number of hydrogen-bond donors (Lipinski definition) is 2. The Hall–Kier alpha value is -2.30. The van der Waals surface area contributed by atoms with Gasteiger partial charge in [-0.1, -0.05) is 19.8 Å². The molecule has 2 aromatic heterocycles. The first-order valence-electron chi connectivity index (χ1n) is 7.30. The van der Waals surface area contributed by atoms with Gasteiger partial charge in [-0.2, -0.15) is 0 Å². The number of unbranched alkanes of at least 4 members (excludes halogenated alkanes) is 2. The number of nitrogens with zero attached hydrogens (tertiary/aromatic N) is 1. The molecule has 0 fully saturated rings. The van der Waals surface area contributed by atoms with Crippen molar-refractivity contribution >= 4 is 11.7 Å². The maximum absolute atomic E-state index is 12.1. The number of anilines is 1. The van der Waals surface area contributed by atoms with Crippen LogP contribution in [0.3, 0.4) is 0 Å². The molecule has 0 saturated carbocycles. The van der Waals surface area contributed by atoms with Gasteiger partial charge in [0.25, 0.3) is 5.91 Å². The number of furan rings is 1. The fourth-order valence-corrected chi connectivity index (χ4v) is 1.94. The van der Waals surface area contributed by atoms with Crippen LogP contribution in [0.25, 0.3) is 0 Å². The molecule has 112 valence electrons. The van der Waals surface area contributed by atoms with Gasteiger partial charge in [0, 0.05) is 18.3 Å². The zero-order valence-electron chi connectivity index (χ0n) is 12.3. The third-order valence-corrected chi connectivity index (χ3v) is 3.11. The number of aromatic nitrogens is 1. The van der Waals surface area contributed by atoms with Crippen molar-refractivity contribution in [2.75, 3.05) is 11.9 Å². The lowest BCUT2D eigenvalue weighted by molar-refractivity contribution is 0.0948. The number of nitrogens with one attached hydrogen (secondary N) is 2. The van der Waals surface area contributed by atoms with Crippen LogP contribution in [0.15, 0.2) is 41.1 Å². The first-order valence-corrected chi connectivity index (χ1v) is 7.30. The molecule has 2 rings (SSSR count). The van der Waals surface area contributed by atoms with Crippen LogP contribution in [0.5, 0.6) is 0 Å². The SMILES string of the molecule is CCCCCNc1cc(C(=O)NCc2ccco2)ccn1. The van der Waals surface area contributed by atoms with E-state index in [0.717, 1.165) is 24.5 Å². The second-order valence-corrected chi connectivity index (χ2v) is 4.83. The van der Waals surface area contributed by atoms with Crippen LogP contribution in [0.4, 0.5) is 5.82 Å². The highest BCUT2D eigenvalue weighted by atomic mass is 16.3. The highest BCUT2D eigenvalue weighted by Crippen LogP contribution is 2.08. The van der Waals surface area contributed by atoms with Gasteiger partial charge in [0.05, 0.1) is 12.8 Å². The maximum atomic E-state index is 12.1. The van der Waals surface area contributed by atoms with Gasteiger partial charge in [-0.15, -0.1) is 0 Å². The second kappa shape index (κ2) is 8.09. The van der Waals surface area contributed by atoms with Crippen molar-refractivity contribution in [3.05, 3.63) is 48.0 Å². The summed E-state index contributed by atoms with van der Waals surface area (Å²) in [6, 6.07) is 7.10. The second-order valence-electron chi connectivity index (χ2n) is 4.83. The van der Waals surface area contributed by atoms with Crippen LogP contribution in [-0.2, 0) is 6.54 Å². The predicted molar refractivity (Wildman–Crippen MR) is 82.1 cm³/mol. The fraction of sp³-hybridized carbons (Fsp3) is 0.375. The van der Waals surface area contributed by atoms with Crippen molar-refractivity contribution in [1.29, 1.82) is 0 Å². The minimum Gasteiger partial charge on any atom is -0.467 e. The molecule has 1 amide bonds. The topological polar surface area (TPSA) is 67.2 Å². The number of hydrogen-bond acceptors (Lipinski definition) is 4. The van der Waals surface area contributed by atoms with Gasteiger partial charge in [0.15, 0.2) is 0 Å². The van der Waals surface area contributed by atoms with E-state index in [1.807, 2.05) is 6.07 Å². The van der Waals surface area contributed by atoms with Crippen molar-refractivity contribution in [2.45, 2.75) is 32.7 Å². The van der Waals surface area contributed by atoms with E-state index in [1.165, 1.54) is 12.8 Å². The van der Waals surface area contributed by atoms with E-state index in [9.17, 15) is 4.79 Å². The van der Waals surface area contributed by atoms with E-state index in [2.05, 4.69) is 22.5 Å². The summed E-state index contributed by atoms with van der Waals surface area (Å²) in [6.07, 6.45) is 6.71. The Bertz CT molecular complexity index is 552. The highest BCUT2D eigenvalue weighted by Gasteiger charge is 2.07. The Balaban J connectivity index is 1.85. The molecule has 0 radical (unpaired) electrons. The minimum absolute atomic E-state index is 0.134. The number of carbonyl (C=O) groups is 1. The Labute approximate surface area is 124 Å². The molecular formula is C16H21N3O2. The molecule has 0 aliphatic carbocycles. The lowest BCUT2D eigenvalue weighted by Crippen LogP contribution is -2.22. The minimum atomic E-state index is -0.134. The summed E-state index contributed by atoms with van der Waals surface area (Å²) in [5.41, 5.74) is 0.592. The summed E-state index contributed by atoms with van der Waals surface area (Å²) in [6.45, 7) is 3.42. The van der Waals surface area contributed by atoms with Gasteiger partial charge in [0.2, 0.25) is 0 Å². The number of pyridine rings is 1. The van der Waals surface area contributed by atoms with Gasteiger partial charge in [-0.05, 0) is 30.7 Å². The molecule has 2 N–H and O–H groups in total. The number of carbonyl (C=O) groups excluding carboxylic acids is 1. The molecule has 0 spiro atoms. The molecular weight excluding hydrogens is 266 g/mol. The normalized spacial score (nSPS) is 10.3. The molecule has 2 heterocycles. The lowest BCUT2D eigenvalue weighted by Gasteiger charge is -2.07. The molecule has 0 aliphatic heterocycles. The molecule has 2 aromatic rings. The zero-order valence-corrected chi connectivity index (χ0v) is 12.3. The monoisotopic (exact) mass is 287 g/mol. The van der Waals surface area contributed by atoms with Gasteiger partial charge in [-0.3, -0.25) is 4.79 Å². The van der Waals surface area contributed by atoms with E-state index in [1.54, 1.807) is 30.7 Å². The van der Waals surface area contributed by atoms with E-state index < -0.39 is 0 Å². The highest BCUT2D eigenvalue weighted by molar-refractivity contribution is 5.94. The quantitative estimate of drug-likeness (QED) is 0.732. The average Bonchev–Trinajstić information content (AvgIpc) is 3.03. The van der Waals surface area contributed by atoms with E-state index >= 15 is 0 Å². The maximum Gasteiger partial charge on any atom is 0.251 e. The Morgan fingerprint density at radius 2 is 2.24 bits per heavy atom. The Morgan fingerprint density at radius 3 is 3.00 bits per heavy atom. The molecule has 0 unspecified atom stereocenters. The molecule has 0 aromatic carbocycles. The molecule has 0 bridgehead atoms. The van der Waals surface area contributed by atoms with E-state index in [0.29, 0.717) is 12.1 Å². The molecule has 21 heavy (non-hydrogen) atoms. The van der Waals surface area contributed by atoms with Crippen molar-refractivity contribution < 1.29 is 9.21 Å². The lowest BCUT2D eigenvalue weighted by atomic mass is 10.2. The molecule has 0 atom stereocenters. The Morgan fingerprint density at radius 1 is 1.33 bits per heavy atom. The van der Waals surface area contributed by atoms with Gasteiger partial charge in [0.1, 0.15) is 11.6 Å². The van der Waals surface area contributed by atoms with Gasteiger partial charge < -0.3 is 15.1 Å². The standard InChI is InChI=1S/C16H21N3O2/c1-2-3-4-8-17-15-11-13(7-9-18-15)16(20)19-12-14-6-5-10-21-14/h5-7,9-11H,2-4,8,12H2,1H3,(H,17,18)(H,19,20).